The van der Waals surface area contributed by atoms with E-state index in [0.29, 0.717) is 6.54 Å². The van der Waals surface area contributed by atoms with Gasteiger partial charge < -0.3 is 10.6 Å². The number of anilines is 1. The van der Waals surface area contributed by atoms with Gasteiger partial charge in [-0.2, -0.15) is 0 Å². The van der Waals surface area contributed by atoms with Crippen molar-refractivity contribution >= 4 is 11.6 Å². The maximum absolute atomic E-state index is 12.5. The predicted octanol–water partition coefficient (Wildman–Crippen LogP) is 3.52. The minimum absolute atomic E-state index is 0.0350. The van der Waals surface area contributed by atoms with E-state index in [4.69, 9.17) is 0 Å². The van der Waals surface area contributed by atoms with Crippen molar-refractivity contribution in [2.75, 3.05) is 11.9 Å². The molecule has 0 bridgehead atoms. The molecule has 0 unspecified atom stereocenters. The van der Waals surface area contributed by atoms with Gasteiger partial charge in [-0.25, -0.2) is 0 Å². The first-order valence-corrected chi connectivity index (χ1v) is 9.17. The van der Waals surface area contributed by atoms with Crippen LogP contribution in [0.15, 0.2) is 72.8 Å². The minimum Gasteiger partial charge on any atom is -0.328 e. The summed E-state index contributed by atoms with van der Waals surface area (Å²) in [5.74, 6) is 0.0350. The van der Waals surface area contributed by atoms with Gasteiger partial charge in [0.05, 0.1) is 0 Å². The zero-order chi connectivity index (χ0) is 17.9. The first-order chi connectivity index (χ1) is 12.8. The van der Waals surface area contributed by atoms with E-state index >= 15 is 0 Å². The number of benzene rings is 3. The zero-order valence-electron chi connectivity index (χ0n) is 14.9. The Morgan fingerprint density at radius 3 is 2.12 bits per heavy atom. The fourth-order valence-electron chi connectivity index (χ4n) is 3.83. The maximum Gasteiger partial charge on any atom is 0.279 e. The van der Waals surface area contributed by atoms with E-state index in [-0.39, 0.29) is 11.9 Å². The van der Waals surface area contributed by atoms with Crippen LogP contribution in [-0.2, 0) is 11.2 Å². The highest BCUT2D eigenvalue weighted by Crippen LogP contribution is 2.40. The summed E-state index contributed by atoms with van der Waals surface area (Å²) >= 11 is 0. The van der Waals surface area contributed by atoms with Gasteiger partial charge in [0.15, 0.2) is 6.54 Å². The first kappa shape index (κ1) is 16.6. The molecule has 0 atom stereocenters. The van der Waals surface area contributed by atoms with Crippen LogP contribution in [0.3, 0.4) is 0 Å². The topological polar surface area (TPSA) is 45.7 Å². The monoisotopic (exact) mass is 343 g/mol. The molecule has 1 aliphatic carbocycles. The Balaban J connectivity index is 1.50. The van der Waals surface area contributed by atoms with Crippen molar-refractivity contribution < 1.29 is 10.1 Å². The van der Waals surface area contributed by atoms with Crippen LogP contribution in [0.2, 0.25) is 0 Å². The van der Waals surface area contributed by atoms with Crippen LogP contribution in [0.25, 0.3) is 11.1 Å². The average molecular weight is 343 g/mol. The lowest BCUT2D eigenvalue weighted by Gasteiger charge is -2.13. The van der Waals surface area contributed by atoms with Gasteiger partial charge in [0, 0.05) is 16.8 Å². The third kappa shape index (κ3) is 3.02. The summed E-state index contributed by atoms with van der Waals surface area (Å²) in [6, 6.07) is 25.1. The molecule has 1 amide bonds. The number of aryl methyl sites for hydroxylation is 1. The standard InChI is InChI=1S/C23H22N2O/c1-2-16-9-3-8-14-21(16)25-22(26)15-24-23-19-12-6-4-10-17(19)18-11-5-7-13-20(18)23/h3-14,23-24H,2,15H2,1H3,(H,25,26)/p+1. The fourth-order valence-corrected chi connectivity index (χ4v) is 3.83. The molecule has 0 fully saturated rings. The SMILES string of the molecule is CCc1ccccc1NC(=O)C[NH2+]C1c2ccccc2-c2ccccc21. The van der Waals surface area contributed by atoms with Crippen molar-refractivity contribution in [1.29, 1.82) is 0 Å². The highest BCUT2D eigenvalue weighted by Gasteiger charge is 2.31. The van der Waals surface area contributed by atoms with Crippen LogP contribution < -0.4 is 10.6 Å². The molecule has 3 aromatic rings. The quantitative estimate of drug-likeness (QED) is 0.731. The molecule has 26 heavy (non-hydrogen) atoms. The van der Waals surface area contributed by atoms with Crippen molar-refractivity contribution in [3.8, 4) is 11.1 Å². The lowest BCUT2D eigenvalue weighted by Crippen LogP contribution is -2.87. The Labute approximate surface area is 154 Å². The summed E-state index contributed by atoms with van der Waals surface area (Å²) < 4.78 is 0. The lowest BCUT2D eigenvalue weighted by molar-refractivity contribution is -0.675. The number of carbonyl (C=O) groups is 1. The Hall–Kier alpha value is -2.91. The Bertz CT molecular complexity index is 903. The number of fused-ring (bicyclic) bond motifs is 3. The molecular formula is C23H23N2O+. The van der Waals surface area contributed by atoms with E-state index < -0.39 is 0 Å². The van der Waals surface area contributed by atoms with Gasteiger partial charge >= 0.3 is 0 Å². The van der Waals surface area contributed by atoms with Gasteiger partial charge in [-0.05, 0) is 29.2 Å². The maximum atomic E-state index is 12.5. The molecular weight excluding hydrogens is 320 g/mol. The number of nitrogens with one attached hydrogen (secondary N) is 1. The van der Waals surface area contributed by atoms with Crippen LogP contribution in [-0.4, -0.2) is 12.5 Å². The molecule has 0 radical (unpaired) electrons. The van der Waals surface area contributed by atoms with Gasteiger partial charge in [0.25, 0.3) is 5.91 Å². The second kappa shape index (κ2) is 7.14. The Morgan fingerprint density at radius 1 is 0.885 bits per heavy atom. The number of amides is 1. The van der Waals surface area contributed by atoms with E-state index in [1.807, 2.05) is 18.2 Å². The molecule has 1 aliphatic rings. The fraction of sp³-hybridized carbons (Fsp3) is 0.174. The summed E-state index contributed by atoms with van der Waals surface area (Å²) in [5, 5.41) is 5.20. The Morgan fingerprint density at radius 2 is 1.46 bits per heavy atom. The van der Waals surface area contributed by atoms with Gasteiger partial charge in [-0.1, -0.05) is 73.7 Å². The number of para-hydroxylation sites is 1. The molecule has 3 aromatic carbocycles. The molecule has 3 N–H and O–H groups in total. The van der Waals surface area contributed by atoms with E-state index in [0.717, 1.165) is 17.7 Å². The second-order valence-electron chi connectivity index (χ2n) is 6.65. The van der Waals surface area contributed by atoms with E-state index in [1.165, 1.54) is 22.3 Å². The minimum atomic E-state index is 0.0350. The zero-order valence-corrected chi connectivity index (χ0v) is 14.9. The molecule has 3 nitrogen and oxygen atoms in total. The van der Waals surface area contributed by atoms with Crippen molar-refractivity contribution in [2.24, 2.45) is 0 Å². The van der Waals surface area contributed by atoms with E-state index in [9.17, 15) is 4.79 Å². The molecule has 0 spiro atoms. The van der Waals surface area contributed by atoms with Crippen molar-refractivity contribution in [1.82, 2.24) is 0 Å². The van der Waals surface area contributed by atoms with Crippen LogP contribution in [0.1, 0.15) is 29.7 Å². The summed E-state index contributed by atoms with van der Waals surface area (Å²) in [6.07, 6.45) is 0.906. The molecule has 0 saturated heterocycles. The number of quaternary nitrogens is 1. The highest BCUT2D eigenvalue weighted by atomic mass is 16.1. The lowest BCUT2D eigenvalue weighted by atomic mass is 10.1. The van der Waals surface area contributed by atoms with Crippen molar-refractivity contribution in [2.45, 2.75) is 19.4 Å². The summed E-state index contributed by atoms with van der Waals surface area (Å²) in [4.78, 5) is 12.5. The van der Waals surface area contributed by atoms with Gasteiger partial charge in [-0.3, -0.25) is 4.79 Å². The molecule has 130 valence electrons. The van der Waals surface area contributed by atoms with Gasteiger partial charge in [0.1, 0.15) is 6.04 Å². The van der Waals surface area contributed by atoms with Gasteiger partial charge in [-0.15, -0.1) is 0 Å². The number of hydrogen-bond acceptors (Lipinski definition) is 1. The first-order valence-electron chi connectivity index (χ1n) is 9.17. The third-order valence-electron chi connectivity index (χ3n) is 5.09. The molecule has 0 aromatic heterocycles. The van der Waals surface area contributed by atoms with Crippen LogP contribution in [0, 0.1) is 0 Å². The third-order valence-corrected chi connectivity index (χ3v) is 5.09. The second-order valence-corrected chi connectivity index (χ2v) is 6.65. The number of hydrogen-bond donors (Lipinski definition) is 2. The smallest absolute Gasteiger partial charge is 0.279 e. The van der Waals surface area contributed by atoms with Crippen molar-refractivity contribution in [3.05, 3.63) is 89.5 Å². The predicted molar refractivity (Wildman–Crippen MR) is 105 cm³/mol. The summed E-state index contributed by atoms with van der Waals surface area (Å²) in [7, 11) is 0. The average Bonchev–Trinajstić information content (AvgIpc) is 3.01. The van der Waals surface area contributed by atoms with Gasteiger partial charge in [0.2, 0.25) is 0 Å². The highest BCUT2D eigenvalue weighted by molar-refractivity contribution is 5.92. The number of carbonyl (C=O) groups excluding carboxylic acids is 1. The van der Waals surface area contributed by atoms with E-state index in [1.54, 1.807) is 0 Å². The normalized spacial score (nSPS) is 12.5. The molecule has 0 heterocycles. The molecule has 3 heteroatoms. The number of rotatable bonds is 5. The van der Waals surface area contributed by atoms with Crippen LogP contribution >= 0.6 is 0 Å². The molecule has 4 rings (SSSR count). The van der Waals surface area contributed by atoms with Crippen molar-refractivity contribution in [3.63, 3.8) is 0 Å². The van der Waals surface area contributed by atoms with E-state index in [2.05, 4.69) is 72.2 Å². The molecule has 0 saturated carbocycles. The summed E-state index contributed by atoms with van der Waals surface area (Å²) in [6.45, 7) is 2.49. The number of nitrogens with two attached hydrogens (primary N) is 1. The largest absolute Gasteiger partial charge is 0.328 e. The van der Waals surface area contributed by atoms with Crippen LogP contribution in [0.4, 0.5) is 5.69 Å². The molecule has 0 aliphatic heterocycles. The van der Waals surface area contributed by atoms with Crippen LogP contribution in [0.5, 0.6) is 0 Å². The summed E-state index contributed by atoms with van der Waals surface area (Å²) in [5.41, 5.74) is 7.21. The Kier molecular flexibility index (Phi) is 4.55.